The van der Waals surface area contributed by atoms with Crippen LogP contribution in [0.5, 0.6) is 17.2 Å². The van der Waals surface area contributed by atoms with Gasteiger partial charge in [-0.25, -0.2) is 0 Å². The van der Waals surface area contributed by atoms with Crippen LogP contribution in [0.4, 0.5) is 0 Å². The number of rotatable bonds is 4. The van der Waals surface area contributed by atoms with Crippen molar-refractivity contribution in [2.45, 2.75) is 6.04 Å². The zero-order valence-electron chi connectivity index (χ0n) is 11.1. The fourth-order valence-electron chi connectivity index (χ4n) is 2.20. The molecule has 1 atom stereocenters. The van der Waals surface area contributed by atoms with E-state index in [1.165, 1.54) is 0 Å². The average Bonchev–Trinajstić information content (AvgIpc) is 2.46. The molecule has 18 heavy (non-hydrogen) atoms. The van der Waals surface area contributed by atoms with Crippen LogP contribution in [0.1, 0.15) is 11.6 Å². The summed E-state index contributed by atoms with van der Waals surface area (Å²) in [5.41, 5.74) is 1.09. The first-order valence-corrected chi connectivity index (χ1v) is 6.04. The van der Waals surface area contributed by atoms with Crippen molar-refractivity contribution in [2.75, 3.05) is 41.0 Å². The summed E-state index contributed by atoms with van der Waals surface area (Å²) < 4.78 is 16.1. The third-order valence-electron chi connectivity index (χ3n) is 3.15. The summed E-state index contributed by atoms with van der Waals surface area (Å²) >= 11 is 0. The van der Waals surface area contributed by atoms with Gasteiger partial charge in [-0.1, -0.05) is 0 Å². The van der Waals surface area contributed by atoms with Gasteiger partial charge in [-0.15, -0.1) is 0 Å². The molecule has 1 aliphatic heterocycles. The van der Waals surface area contributed by atoms with Gasteiger partial charge in [0.1, 0.15) is 5.75 Å². The van der Waals surface area contributed by atoms with Crippen molar-refractivity contribution in [2.24, 2.45) is 0 Å². The van der Waals surface area contributed by atoms with E-state index in [2.05, 4.69) is 10.6 Å². The summed E-state index contributed by atoms with van der Waals surface area (Å²) in [6.45, 7) is 2.82. The molecule has 0 aliphatic carbocycles. The minimum absolute atomic E-state index is 0.230. The second-order valence-electron chi connectivity index (χ2n) is 4.16. The summed E-state index contributed by atoms with van der Waals surface area (Å²) in [7, 11) is 4.93. The van der Waals surface area contributed by atoms with Crippen LogP contribution in [0.15, 0.2) is 12.1 Å². The molecule has 1 heterocycles. The van der Waals surface area contributed by atoms with E-state index in [4.69, 9.17) is 14.2 Å². The van der Waals surface area contributed by atoms with Crippen LogP contribution < -0.4 is 24.8 Å². The molecule has 2 rings (SSSR count). The normalized spacial score (nSPS) is 19.4. The van der Waals surface area contributed by atoms with Gasteiger partial charge in [0.15, 0.2) is 11.5 Å². The van der Waals surface area contributed by atoms with E-state index in [0.29, 0.717) is 5.75 Å². The first kappa shape index (κ1) is 13.0. The molecular formula is C13H20N2O3. The first-order valence-electron chi connectivity index (χ1n) is 6.04. The van der Waals surface area contributed by atoms with Gasteiger partial charge < -0.3 is 24.8 Å². The van der Waals surface area contributed by atoms with Crippen LogP contribution in [0.3, 0.4) is 0 Å². The fraction of sp³-hybridized carbons (Fsp3) is 0.538. The van der Waals surface area contributed by atoms with E-state index < -0.39 is 0 Å². The number of benzene rings is 1. The molecule has 0 unspecified atom stereocenters. The Labute approximate surface area is 107 Å². The van der Waals surface area contributed by atoms with Crippen LogP contribution in [0.2, 0.25) is 0 Å². The maximum Gasteiger partial charge on any atom is 0.164 e. The lowest BCUT2D eigenvalue weighted by molar-refractivity contribution is 0.342. The highest BCUT2D eigenvalue weighted by atomic mass is 16.5. The largest absolute Gasteiger partial charge is 0.496 e. The second-order valence-corrected chi connectivity index (χ2v) is 4.16. The van der Waals surface area contributed by atoms with Crippen molar-refractivity contribution in [3.63, 3.8) is 0 Å². The topological polar surface area (TPSA) is 51.8 Å². The molecule has 0 amide bonds. The number of hydrogen-bond donors (Lipinski definition) is 2. The Bertz CT molecular complexity index is 403. The Morgan fingerprint density at radius 2 is 1.61 bits per heavy atom. The lowest BCUT2D eigenvalue weighted by atomic mass is 10.0. The number of hydrogen-bond acceptors (Lipinski definition) is 5. The lowest BCUT2D eigenvalue weighted by Gasteiger charge is -2.27. The number of nitrogens with one attached hydrogen (secondary N) is 2. The Morgan fingerprint density at radius 1 is 0.944 bits per heavy atom. The van der Waals surface area contributed by atoms with Crippen molar-refractivity contribution in [3.8, 4) is 17.2 Å². The maximum absolute atomic E-state index is 5.44. The van der Waals surface area contributed by atoms with Crippen LogP contribution in [-0.4, -0.2) is 41.0 Å². The van der Waals surface area contributed by atoms with Crippen molar-refractivity contribution in [1.29, 1.82) is 0 Å². The smallest absolute Gasteiger partial charge is 0.164 e. The highest BCUT2D eigenvalue weighted by Gasteiger charge is 2.21. The Morgan fingerprint density at radius 3 is 2.17 bits per heavy atom. The van der Waals surface area contributed by atoms with Crippen LogP contribution >= 0.6 is 0 Å². The SMILES string of the molecule is COc1cc(OC)c([C@H]2CNCCN2)cc1OC. The minimum Gasteiger partial charge on any atom is -0.496 e. The van der Waals surface area contributed by atoms with Crippen LogP contribution in [0, 0.1) is 0 Å². The zero-order valence-corrected chi connectivity index (χ0v) is 11.1. The van der Waals surface area contributed by atoms with E-state index in [9.17, 15) is 0 Å². The van der Waals surface area contributed by atoms with Crippen molar-refractivity contribution in [1.82, 2.24) is 10.6 Å². The third kappa shape index (κ3) is 2.52. The summed E-state index contributed by atoms with van der Waals surface area (Å²) in [5.74, 6) is 2.22. The van der Waals surface area contributed by atoms with Gasteiger partial charge in [0, 0.05) is 37.3 Å². The monoisotopic (exact) mass is 252 g/mol. The molecule has 2 N–H and O–H groups in total. The predicted molar refractivity (Wildman–Crippen MR) is 69.7 cm³/mol. The van der Waals surface area contributed by atoms with Crippen molar-refractivity contribution >= 4 is 0 Å². The third-order valence-corrected chi connectivity index (χ3v) is 3.15. The quantitative estimate of drug-likeness (QED) is 0.835. The van der Waals surface area contributed by atoms with Crippen molar-refractivity contribution in [3.05, 3.63) is 17.7 Å². The minimum atomic E-state index is 0.230. The molecule has 0 saturated carbocycles. The molecule has 5 nitrogen and oxygen atoms in total. The van der Waals surface area contributed by atoms with Crippen LogP contribution in [-0.2, 0) is 0 Å². The van der Waals surface area contributed by atoms with E-state index in [-0.39, 0.29) is 6.04 Å². The summed E-state index contributed by atoms with van der Waals surface area (Å²) in [6.07, 6.45) is 0. The van der Waals surface area contributed by atoms with Gasteiger partial charge in [0.05, 0.1) is 21.3 Å². The Balaban J connectivity index is 2.37. The molecule has 100 valence electrons. The molecule has 0 radical (unpaired) electrons. The first-order chi connectivity index (χ1) is 8.80. The summed E-state index contributed by atoms with van der Waals surface area (Å²) in [5, 5.41) is 6.82. The molecule has 1 fully saturated rings. The average molecular weight is 252 g/mol. The molecule has 1 aliphatic rings. The van der Waals surface area contributed by atoms with Crippen molar-refractivity contribution < 1.29 is 14.2 Å². The molecule has 1 saturated heterocycles. The summed E-state index contributed by atoms with van der Waals surface area (Å²) in [6, 6.07) is 4.07. The molecule has 1 aromatic carbocycles. The zero-order chi connectivity index (χ0) is 13.0. The van der Waals surface area contributed by atoms with Gasteiger partial charge in [0.2, 0.25) is 0 Å². The predicted octanol–water partition coefficient (Wildman–Crippen LogP) is 0.946. The van der Waals surface area contributed by atoms with E-state index in [1.807, 2.05) is 12.1 Å². The van der Waals surface area contributed by atoms with E-state index in [1.54, 1.807) is 21.3 Å². The van der Waals surface area contributed by atoms with Gasteiger partial charge in [0.25, 0.3) is 0 Å². The standard InChI is InChI=1S/C13H20N2O3/c1-16-11-7-13(18-3)12(17-2)6-9(11)10-8-14-4-5-15-10/h6-7,10,14-15H,4-5,8H2,1-3H3/t10-/m1/s1. The molecule has 1 aromatic rings. The molecule has 0 aromatic heterocycles. The Kier molecular flexibility index (Phi) is 4.28. The number of ether oxygens (including phenoxy) is 3. The molecule has 5 heteroatoms. The molecular weight excluding hydrogens is 232 g/mol. The molecule has 0 spiro atoms. The molecule has 0 bridgehead atoms. The lowest BCUT2D eigenvalue weighted by Crippen LogP contribution is -2.42. The van der Waals surface area contributed by atoms with Gasteiger partial charge in [-0.3, -0.25) is 0 Å². The highest BCUT2D eigenvalue weighted by Crippen LogP contribution is 2.37. The van der Waals surface area contributed by atoms with Gasteiger partial charge in [-0.2, -0.15) is 0 Å². The summed E-state index contributed by atoms with van der Waals surface area (Å²) in [4.78, 5) is 0. The maximum atomic E-state index is 5.44. The van der Waals surface area contributed by atoms with Gasteiger partial charge in [-0.05, 0) is 6.07 Å². The number of piperazine rings is 1. The number of methoxy groups -OCH3 is 3. The van der Waals surface area contributed by atoms with Gasteiger partial charge >= 0.3 is 0 Å². The fourth-order valence-corrected chi connectivity index (χ4v) is 2.20. The van der Waals surface area contributed by atoms with E-state index >= 15 is 0 Å². The highest BCUT2D eigenvalue weighted by molar-refractivity contribution is 5.52. The Hall–Kier alpha value is -1.46. The van der Waals surface area contributed by atoms with Crippen LogP contribution in [0.25, 0.3) is 0 Å². The van der Waals surface area contributed by atoms with E-state index in [0.717, 1.165) is 36.7 Å². The second kappa shape index (κ2) is 5.93.